The summed E-state index contributed by atoms with van der Waals surface area (Å²) < 4.78 is 1.06. The fraction of sp³-hybridized carbons (Fsp3) is 0.0714. The fourth-order valence-corrected chi connectivity index (χ4v) is 2.63. The Labute approximate surface area is 129 Å². The standard InChI is InChI=1S/C14H11ClINO2/c1-8-6-10(3-4-11(8)14(18)19)17-13-5-2-9(16)7-12(13)15/h2-7,17H,1H3,(H,18,19). The van der Waals surface area contributed by atoms with E-state index in [9.17, 15) is 4.79 Å². The van der Waals surface area contributed by atoms with Crippen LogP contribution in [-0.2, 0) is 0 Å². The number of nitrogens with one attached hydrogen (secondary N) is 1. The second kappa shape index (κ2) is 5.79. The Morgan fingerprint density at radius 2 is 2.00 bits per heavy atom. The molecule has 0 atom stereocenters. The topological polar surface area (TPSA) is 49.3 Å². The molecule has 98 valence electrons. The van der Waals surface area contributed by atoms with Gasteiger partial charge in [-0.05, 0) is 71.5 Å². The molecule has 0 saturated carbocycles. The molecule has 0 spiro atoms. The second-order valence-corrected chi connectivity index (χ2v) is 5.74. The molecule has 0 unspecified atom stereocenters. The first-order valence-corrected chi connectivity index (χ1v) is 6.99. The minimum Gasteiger partial charge on any atom is -0.478 e. The zero-order valence-electron chi connectivity index (χ0n) is 10.1. The van der Waals surface area contributed by atoms with Crippen molar-refractivity contribution in [2.45, 2.75) is 6.92 Å². The van der Waals surface area contributed by atoms with Crippen molar-refractivity contribution in [3.63, 3.8) is 0 Å². The predicted molar refractivity (Wildman–Crippen MR) is 85.6 cm³/mol. The molecule has 19 heavy (non-hydrogen) atoms. The van der Waals surface area contributed by atoms with Crippen molar-refractivity contribution >= 4 is 51.5 Å². The highest BCUT2D eigenvalue weighted by Gasteiger charge is 2.08. The summed E-state index contributed by atoms with van der Waals surface area (Å²) in [7, 11) is 0. The number of carboxylic acids is 1. The lowest BCUT2D eigenvalue weighted by Crippen LogP contribution is -2.00. The first-order valence-electron chi connectivity index (χ1n) is 5.53. The summed E-state index contributed by atoms with van der Waals surface area (Å²) in [6.07, 6.45) is 0. The highest BCUT2D eigenvalue weighted by Crippen LogP contribution is 2.27. The predicted octanol–water partition coefficient (Wildman–Crippen LogP) is 4.69. The number of anilines is 2. The van der Waals surface area contributed by atoms with Gasteiger partial charge in [-0.2, -0.15) is 0 Å². The van der Waals surface area contributed by atoms with Crippen molar-refractivity contribution < 1.29 is 9.90 Å². The van der Waals surface area contributed by atoms with Crippen LogP contribution in [0.15, 0.2) is 36.4 Å². The van der Waals surface area contributed by atoms with E-state index in [0.717, 1.165) is 14.9 Å². The number of aryl methyl sites for hydroxylation is 1. The third kappa shape index (κ3) is 3.39. The van der Waals surface area contributed by atoms with E-state index in [1.165, 1.54) is 0 Å². The number of halogens is 2. The van der Waals surface area contributed by atoms with Gasteiger partial charge in [-0.15, -0.1) is 0 Å². The Balaban J connectivity index is 2.29. The first-order chi connectivity index (χ1) is 8.97. The maximum Gasteiger partial charge on any atom is 0.335 e. The average molecular weight is 388 g/mol. The first kappa shape index (κ1) is 14.1. The van der Waals surface area contributed by atoms with Crippen LogP contribution in [0.2, 0.25) is 5.02 Å². The Morgan fingerprint density at radius 1 is 1.26 bits per heavy atom. The maximum atomic E-state index is 10.9. The van der Waals surface area contributed by atoms with Crippen molar-refractivity contribution in [3.8, 4) is 0 Å². The highest BCUT2D eigenvalue weighted by molar-refractivity contribution is 14.1. The van der Waals surface area contributed by atoms with Gasteiger partial charge in [0.1, 0.15) is 0 Å². The number of aromatic carboxylic acids is 1. The molecule has 0 radical (unpaired) electrons. The third-order valence-corrected chi connectivity index (χ3v) is 3.65. The minimum absolute atomic E-state index is 0.305. The lowest BCUT2D eigenvalue weighted by atomic mass is 10.1. The van der Waals surface area contributed by atoms with Gasteiger partial charge in [-0.3, -0.25) is 0 Å². The van der Waals surface area contributed by atoms with Gasteiger partial charge in [-0.25, -0.2) is 4.79 Å². The molecule has 0 saturated heterocycles. The molecule has 2 rings (SSSR count). The van der Waals surface area contributed by atoms with Crippen LogP contribution in [0.3, 0.4) is 0 Å². The maximum absolute atomic E-state index is 10.9. The Morgan fingerprint density at radius 3 is 2.58 bits per heavy atom. The molecule has 0 aliphatic carbocycles. The number of carboxylic acid groups (broad SMARTS) is 1. The number of hydrogen-bond donors (Lipinski definition) is 2. The van der Waals surface area contributed by atoms with Crippen molar-refractivity contribution in [3.05, 3.63) is 56.1 Å². The zero-order valence-corrected chi connectivity index (χ0v) is 13.0. The van der Waals surface area contributed by atoms with Crippen LogP contribution in [0.1, 0.15) is 15.9 Å². The molecule has 0 aromatic heterocycles. The van der Waals surface area contributed by atoms with Gasteiger partial charge in [0.15, 0.2) is 0 Å². The Kier molecular flexibility index (Phi) is 4.31. The van der Waals surface area contributed by atoms with Crippen LogP contribution in [0.4, 0.5) is 11.4 Å². The molecule has 0 amide bonds. The summed E-state index contributed by atoms with van der Waals surface area (Å²) in [5, 5.41) is 12.8. The molecule has 0 heterocycles. The van der Waals surface area contributed by atoms with Crippen LogP contribution in [0.5, 0.6) is 0 Å². The number of hydrogen-bond acceptors (Lipinski definition) is 2. The number of carbonyl (C=O) groups is 1. The van der Waals surface area contributed by atoms with Crippen LogP contribution in [-0.4, -0.2) is 11.1 Å². The second-order valence-electron chi connectivity index (χ2n) is 4.08. The van der Waals surface area contributed by atoms with Gasteiger partial charge >= 0.3 is 5.97 Å². The smallest absolute Gasteiger partial charge is 0.335 e. The van der Waals surface area contributed by atoms with E-state index in [4.69, 9.17) is 16.7 Å². The van der Waals surface area contributed by atoms with Gasteiger partial charge in [0.25, 0.3) is 0 Å². The summed E-state index contributed by atoms with van der Waals surface area (Å²) in [4.78, 5) is 10.9. The van der Waals surface area contributed by atoms with E-state index in [1.807, 2.05) is 18.2 Å². The molecule has 0 aliphatic rings. The van der Waals surface area contributed by atoms with Gasteiger partial charge in [-0.1, -0.05) is 11.6 Å². The molecule has 3 nitrogen and oxygen atoms in total. The average Bonchev–Trinajstić information content (AvgIpc) is 2.32. The Hall–Kier alpha value is -1.27. The number of rotatable bonds is 3. The SMILES string of the molecule is Cc1cc(Nc2ccc(I)cc2Cl)ccc1C(=O)O. The molecular formula is C14H11ClINO2. The molecule has 0 fully saturated rings. The monoisotopic (exact) mass is 387 g/mol. The Bertz CT molecular complexity index is 643. The van der Waals surface area contributed by atoms with Crippen LogP contribution < -0.4 is 5.32 Å². The lowest BCUT2D eigenvalue weighted by molar-refractivity contribution is 0.0696. The van der Waals surface area contributed by atoms with E-state index in [1.54, 1.807) is 25.1 Å². The van der Waals surface area contributed by atoms with E-state index in [0.29, 0.717) is 16.1 Å². The lowest BCUT2D eigenvalue weighted by Gasteiger charge is -2.10. The molecule has 0 aliphatic heterocycles. The third-order valence-electron chi connectivity index (χ3n) is 2.67. The minimum atomic E-state index is -0.920. The normalized spacial score (nSPS) is 10.3. The van der Waals surface area contributed by atoms with Gasteiger partial charge in [0.2, 0.25) is 0 Å². The molecule has 5 heteroatoms. The van der Waals surface area contributed by atoms with E-state index in [2.05, 4.69) is 27.9 Å². The van der Waals surface area contributed by atoms with E-state index in [-0.39, 0.29) is 0 Å². The van der Waals surface area contributed by atoms with Crippen molar-refractivity contribution in [1.82, 2.24) is 0 Å². The highest BCUT2D eigenvalue weighted by atomic mass is 127. The summed E-state index contributed by atoms with van der Waals surface area (Å²) in [5.41, 5.74) is 2.62. The summed E-state index contributed by atoms with van der Waals surface area (Å²) in [5.74, 6) is -0.920. The molecular weight excluding hydrogens is 377 g/mol. The zero-order chi connectivity index (χ0) is 14.0. The van der Waals surface area contributed by atoms with Gasteiger partial charge in [0, 0.05) is 9.26 Å². The molecule has 2 aromatic carbocycles. The summed E-state index contributed by atoms with van der Waals surface area (Å²) in [6.45, 7) is 1.77. The largest absolute Gasteiger partial charge is 0.478 e. The van der Waals surface area contributed by atoms with Crippen molar-refractivity contribution in [2.24, 2.45) is 0 Å². The van der Waals surface area contributed by atoms with Crippen molar-refractivity contribution in [1.29, 1.82) is 0 Å². The molecule has 2 aromatic rings. The van der Waals surface area contributed by atoms with Crippen LogP contribution in [0, 0.1) is 10.5 Å². The molecule has 2 N–H and O–H groups in total. The van der Waals surface area contributed by atoms with E-state index >= 15 is 0 Å². The van der Waals surface area contributed by atoms with Crippen molar-refractivity contribution in [2.75, 3.05) is 5.32 Å². The fourth-order valence-electron chi connectivity index (χ4n) is 1.73. The molecule has 0 bridgehead atoms. The summed E-state index contributed by atoms with van der Waals surface area (Å²) in [6, 6.07) is 10.8. The van der Waals surface area contributed by atoms with Crippen LogP contribution >= 0.6 is 34.2 Å². The van der Waals surface area contributed by atoms with Crippen LogP contribution in [0.25, 0.3) is 0 Å². The van der Waals surface area contributed by atoms with Gasteiger partial charge < -0.3 is 10.4 Å². The number of benzene rings is 2. The quantitative estimate of drug-likeness (QED) is 0.751. The van der Waals surface area contributed by atoms with Gasteiger partial charge in [0.05, 0.1) is 16.3 Å². The summed E-state index contributed by atoms with van der Waals surface area (Å²) >= 11 is 8.33. The van der Waals surface area contributed by atoms with E-state index < -0.39 is 5.97 Å².